The molecule has 1 aromatic carbocycles. The Morgan fingerprint density at radius 3 is 2.78 bits per heavy atom. The summed E-state index contributed by atoms with van der Waals surface area (Å²) in [5, 5.41) is 11.8. The first-order chi connectivity index (χ1) is 11.2. The Hall–Kier alpha value is -2.13. The van der Waals surface area contributed by atoms with Crippen molar-refractivity contribution in [3.05, 3.63) is 30.1 Å². The molecule has 2 aromatic rings. The molecule has 3 heterocycles. The van der Waals surface area contributed by atoms with Crippen molar-refractivity contribution >= 4 is 0 Å². The van der Waals surface area contributed by atoms with E-state index >= 15 is 0 Å². The van der Waals surface area contributed by atoms with Crippen LogP contribution in [0, 0.1) is 0 Å². The highest BCUT2D eigenvalue weighted by Gasteiger charge is 2.39. The van der Waals surface area contributed by atoms with E-state index in [0.29, 0.717) is 30.2 Å². The van der Waals surface area contributed by atoms with Crippen molar-refractivity contribution in [2.45, 2.75) is 31.7 Å². The molecule has 0 saturated carbocycles. The Morgan fingerprint density at radius 1 is 1.30 bits per heavy atom. The van der Waals surface area contributed by atoms with Gasteiger partial charge in [0, 0.05) is 12.6 Å². The third kappa shape index (κ3) is 2.89. The number of likely N-dealkylation sites (tertiary alicyclic amines) is 1. The van der Waals surface area contributed by atoms with Crippen molar-refractivity contribution in [3.63, 3.8) is 0 Å². The third-order valence-corrected chi connectivity index (χ3v) is 4.20. The fourth-order valence-corrected chi connectivity index (χ4v) is 3.13. The van der Waals surface area contributed by atoms with Crippen LogP contribution in [0.2, 0.25) is 0 Å². The van der Waals surface area contributed by atoms with Crippen LogP contribution in [0.5, 0.6) is 5.75 Å². The van der Waals surface area contributed by atoms with Crippen molar-refractivity contribution in [2.24, 2.45) is 0 Å². The number of nitrogens with zero attached hydrogens (tertiary/aromatic N) is 5. The fourth-order valence-electron chi connectivity index (χ4n) is 3.13. The largest absolute Gasteiger partial charge is 0.435 e. The van der Waals surface area contributed by atoms with Crippen LogP contribution in [-0.2, 0) is 11.3 Å². The zero-order chi connectivity index (χ0) is 15.8. The molecule has 2 aliphatic rings. The molecule has 0 unspecified atom stereocenters. The first-order valence-electron chi connectivity index (χ1n) is 7.37. The van der Waals surface area contributed by atoms with Crippen LogP contribution in [0.3, 0.4) is 0 Å². The van der Waals surface area contributed by atoms with Gasteiger partial charge in [0.15, 0.2) is 5.82 Å². The van der Waals surface area contributed by atoms with Gasteiger partial charge in [0.05, 0.1) is 24.9 Å². The monoisotopic (exact) mass is 323 g/mol. The van der Waals surface area contributed by atoms with Crippen molar-refractivity contribution in [2.75, 3.05) is 13.2 Å². The van der Waals surface area contributed by atoms with Gasteiger partial charge in [0.2, 0.25) is 0 Å². The molecular weight excluding hydrogens is 308 g/mol. The van der Waals surface area contributed by atoms with Crippen LogP contribution in [-0.4, -0.2) is 57.0 Å². The van der Waals surface area contributed by atoms with E-state index in [1.807, 2.05) is 0 Å². The Morgan fingerprint density at radius 2 is 2.13 bits per heavy atom. The highest BCUT2D eigenvalue weighted by atomic mass is 19.3. The maximum absolute atomic E-state index is 12.2. The van der Waals surface area contributed by atoms with Crippen molar-refractivity contribution < 1.29 is 18.3 Å². The molecule has 2 saturated heterocycles. The van der Waals surface area contributed by atoms with E-state index in [9.17, 15) is 8.78 Å². The van der Waals surface area contributed by atoms with E-state index in [4.69, 9.17) is 4.74 Å². The van der Waals surface area contributed by atoms with Gasteiger partial charge in [-0.25, -0.2) is 0 Å². The number of halogens is 2. The zero-order valence-electron chi connectivity index (χ0n) is 12.2. The van der Waals surface area contributed by atoms with Crippen LogP contribution in [0.15, 0.2) is 24.3 Å². The number of rotatable bonds is 5. The molecule has 4 rings (SSSR count). The Balaban J connectivity index is 1.50. The van der Waals surface area contributed by atoms with Gasteiger partial charge in [-0.1, -0.05) is 0 Å². The second kappa shape index (κ2) is 5.82. The number of tetrazole rings is 1. The van der Waals surface area contributed by atoms with E-state index in [1.54, 1.807) is 16.8 Å². The van der Waals surface area contributed by atoms with E-state index < -0.39 is 6.61 Å². The number of ether oxygens (including phenoxy) is 2. The number of hydrogen-bond donors (Lipinski definition) is 0. The number of benzene rings is 1. The van der Waals surface area contributed by atoms with Crippen molar-refractivity contribution in [1.82, 2.24) is 25.1 Å². The molecular formula is C14H15F2N5O2. The Bertz CT molecular complexity index is 678. The molecule has 1 aromatic heterocycles. The summed E-state index contributed by atoms with van der Waals surface area (Å²) in [5.74, 6) is 0.812. The van der Waals surface area contributed by atoms with Gasteiger partial charge in [0.25, 0.3) is 0 Å². The quantitative estimate of drug-likeness (QED) is 0.825. The molecule has 122 valence electrons. The maximum Gasteiger partial charge on any atom is 0.387 e. The van der Waals surface area contributed by atoms with Gasteiger partial charge in [-0.3, -0.25) is 4.90 Å². The van der Waals surface area contributed by atoms with E-state index in [0.717, 1.165) is 19.6 Å². The minimum absolute atomic E-state index is 0.104. The van der Waals surface area contributed by atoms with E-state index in [2.05, 4.69) is 25.2 Å². The highest BCUT2D eigenvalue weighted by Crippen LogP contribution is 2.29. The van der Waals surface area contributed by atoms with Crippen LogP contribution in [0.4, 0.5) is 8.78 Å². The number of fused-ring (bicyclic) bond motifs is 2. The third-order valence-electron chi connectivity index (χ3n) is 4.20. The first-order valence-corrected chi connectivity index (χ1v) is 7.37. The minimum atomic E-state index is -2.84. The molecule has 0 aliphatic carbocycles. The molecule has 23 heavy (non-hydrogen) atoms. The number of aromatic nitrogens is 4. The molecule has 2 atom stereocenters. The summed E-state index contributed by atoms with van der Waals surface area (Å²) in [6.45, 7) is -0.561. The topological polar surface area (TPSA) is 65.3 Å². The predicted molar refractivity (Wildman–Crippen MR) is 74.3 cm³/mol. The highest BCUT2D eigenvalue weighted by molar-refractivity contribution is 5.37. The molecule has 7 nitrogen and oxygen atoms in total. The average molecular weight is 323 g/mol. The van der Waals surface area contributed by atoms with E-state index in [-0.39, 0.29) is 5.75 Å². The van der Waals surface area contributed by atoms with Crippen molar-refractivity contribution in [1.29, 1.82) is 0 Å². The van der Waals surface area contributed by atoms with Gasteiger partial charge in [0.1, 0.15) is 5.75 Å². The van der Waals surface area contributed by atoms with Crippen LogP contribution >= 0.6 is 0 Å². The summed E-state index contributed by atoms with van der Waals surface area (Å²) in [7, 11) is 0. The molecule has 0 spiro atoms. The fraction of sp³-hybridized carbons (Fsp3) is 0.500. The Labute approximate surface area is 130 Å². The average Bonchev–Trinajstić information content (AvgIpc) is 3.24. The lowest BCUT2D eigenvalue weighted by Crippen LogP contribution is -2.37. The molecule has 9 heteroatoms. The molecule has 2 bridgehead atoms. The van der Waals surface area contributed by atoms with Crippen LogP contribution in [0.1, 0.15) is 12.2 Å². The SMILES string of the molecule is FC(F)Oc1ccc(-n2nnnc2CN2C[C@@H]3C[C@H]2CO3)cc1. The summed E-state index contributed by atoms with van der Waals surface area (Å²) in [4.78, 5) is 2.31. The molecule has 0 amide bonds. The normalized spacial score (nSPS) is 23.8. The molecule has 2 fully saturated rings. The number of morpholine rings is 1. The lowest BCUT2D eigenvalue weighted by atomic mass is 10.2. The number of alkyl halides is 2. The lowest BCUT2D eigenvalue weighted by molar-refractivity contribution is -0.0498. The van der Waals surface area contributed by atoms with Crippen molar-refractivity contribution in [3.8, 4) is 11.4 Å². The minimum Gasteiger partial charge on any atom is -0.435 e. The van der Waals surface area contributed by atoms with Gasteiger partial charge in [-0.05, 0) is 41.1 Å². The van der Waals surface area contributed by atoms with Gasteiger partial charge in [-0.15, -0.1) is 5.10 Å². The lowest BCUT2D eigenvalue weighted by Gasteiger charge is -2.25. The molecule has 0 N–H and O–H groups in total. The predicted octanol–water partition coefficient (Wildman–Crippen LogP) is 1.24. The summed E-state index contributed by atoms with van der Waals surface area (Å²) in [5.41, 5.74) is 0.701. The summed E-state index contributed by atoms with van der Waals surface area (Å²) in [6.07, 6.45) is 1.37. The summed E-state index contributed by atoms with van der Waals surface area (Å²) < 4.78 is 35.9. The Kier molecular flexibility index (Phi) is 3.66. The van der Waals surface area contributed by atoms with Gasteiger partial charge in [-0.2, -0.15) is 13.5 Å². The van der Waals surface area contributed by atoms with Gasteiger partial charge < -0.3 is 9.47 Å². The maximum atomic E-state index is 12.2. The molecule has 0 radical (unpaired) electrons. The summed E-state index contributed by atoms with van der Waals surface area (Å²) in [6, 6.07) is 6.66. The summed E-state index contributed by atoms with van der Waals surface area (Å²) >= 11 is 0. The smallest absolute Gasteiger partial charge is 0.387 e. The zero-order valence-corrected chi connectivity index (χ0v) is 12.2. The standard InChI is InChI=1S/C14H15F2N5O2/c15-14(16)23-11-3-1-9(2-4-11)21-13(17-18-19-21)7-20-6-12-5-10(20)8-22-12/h1-4,10,12,14H,5-8H2/t10-,12-/m0/s1. The first kappa shape index (κ1) is 14.5. The second-order valence-corrected chi connectivity index (χ2v) is 5.65. The van der Waals surface area contributed by atoms with Crippen LogP contribution < -0.4 is 4.74 Å². The van der Waals surface area contributed by atoms with Crippen LogP contribution in [0.25, 0.3) is 5.69 Å². The van der Waals surface area contributed by atoms with E-state index in [1.165, 1.54) is 12.1 Å². The van der Waals surface area contributed by atoms with Gasteiger partial charge >= 0.3 is 6.61 Å². The molecule has 2 aliphatic heterocycles. The number of hydrogen-bond acceptors (Lipinski definition) is 6. The second-order valence-electron chi connectivity index (χ2n) is 5.65.